The van der Waals surface area contributed by atoms with Gasteiger partial charge in [0, 0.05) is 18.8 Å². The summed E-state index contributed by atoms with van der Waals surface area (Å²) in [4.78, 5) is 2.50. The molecule has 0 bridgehead atoms. The summed E-state index contributed by atoms with van der Waals surface area (Å²) in [5.41, 5.74) is 2.77. The lowest BCUT2D eigenvalue weighted by Crippen LogP contribution is -2.29. The van der Waals surface area contributed by atoms with Crippen molar-refractivity contribution in [2.75, 3.05) is 18.0 Å². The van der Waals surface area contributed by atoms with Crippen molar-refractivity contribution in [1.82, 2.24) is 0 Å². The van der Waals surface area contributed by atoms with Gasteiger partial charge in [-0.25, -0.2) is 0 Å². The molecule has 1 aromatic rings. The molecule has 0 atom stereocenters. The molecule has 90 valence electrons. The Kier molecular flexibility index (Phi) is 5.99. The lowest BCUT2D eigenvalue weighted by atomic mass is 10.1. The SMILES string of the molecule is CCC.Cc1cccc(N2CCCCC2)c1. The summed E-state index contributed by atoms with van der Waals surface area (Å²) in [5, 5.41) is 0. The third kappa shape index (κ3) is 4.26. The van der Waals surface area contributed by atoms with E-state index in [1.807, 2.05) is 0 Å². The zero-order chi connectivity index (χ0) is 11.8. The molecule has 1 aliphatic rings. The van der Waals surface area contributed by atoms with Crippen LogP contribution in [-0.2, 0) is 0 Å². The van der Waals surface area contributed by atoms with E-state index < -0.39 is 0 Å². The van der Waals surface area contributed by atoms with Crippen LogP contribution in [0.25, 0.3) is 0 Å². The van der Waals surface area contributed by atoms with Crippen molar-refractivity contribution < 1.29 is 0 Å². The molecule has 1 aromatic carbocycles. The van der Waals surface area contributed by atoms with Crippen molar-refractivity contribution in [3.8, 4) is 0 Å². The molecule has 0 unspecified atom stereocenters. The summed E-state index contributed by atoms with van der Waals surface area (Å²) in [5.74, 6) is 0. The van der Waals surface area contributed by atoms with Crippen LogP contribution in [0.3, 0.4) is 0 Å². The second-order valence-corrected chi connectivity index (χ2v) is 4.59. The number of hydrogen-bond acceptors (Lipinski definition) is 1. The first-order chi connectivity index (χ1) is 7.77. The number of aryl methyl sites for hydroxylation is 1. The van der Waals surface area contributed by atoms with Crippen LogP contribution < -0.4 is 4.90 Å². The van der Waals surface area contributed by atoms with Gasteiger partial charge in [0.25, 0.3) is 0 Å². The summed E-state index contributed by atoms with van der Waals surface area (Å²) in [7, 11) is 0. The molecule has 16 heavy (non-hydrogen) atoms. The predicted molar refractivity (Wildman–Crippen MR) is 73.2 cm³/mol. The second kappa shape index (κ2) is 7.32. The van der Waals surface area contributed by atoms with Gasteiger partial charge < -0.3 is 4.90 Å². The average molecular weight is 219 g/mol. The summed E-state index contributed by atoms with van der Waals surface area (Å²) in [6, 6.07) is 8.82. The molecule has 1 nitrogen and oxygen atoms in total. The quantitative estimate of drug-likeness (QED) is 0.676. The van der Waals surface area contributed by atoms with Crippen molar-refractivity contribution >= 4 is 5.69 Å². The molecule has 0 radical (unpaired) electrons. The van der Waals surface area contributed by atoms with E-state index in [4.69, 9.17) is 0 Å². The van der Waals surface area contributed by atoms with Gasteiger partial charge in [-0.1, -0.05) is 32.4 Å². The first kappa shape index (κ1) is 13.1. The molecular weight excluding hydrogens is 194 g/mol. The molecule has 2 rings (SSSR count). The Labute approximate surface area is 100 Å². The zero-order valence-electron chi connectivity index (χ0n) is 11.0. The van der Waals surface area contributed by atoms with Gasteiger partial charge in [-0.3, -0.25) is 0 Å². The van der Waals surface area contributed by atoms with Gasteiger partial charge in [0.15, 0.2) is 0 Å². The zero-order valence-corrected chi connectivity index (χ0v) is 11.0. The highest BCUT2D eigenvalue weighted by atomic mass is 15.1. The van der Waals surface area contributed by atoms with Crippen LogP contribution in [0.5, 0.6) is 0 Å². The first-order valence-electron chi connectivity index (χ1n) is 6.59. The maximum atomic E-state index is 2.50. The molecule has 1 fully saturated rings. The molecule has 0 spiro atoms. The summed E-state index contributed by atoms with van der Waals surface area (Å²) >= 11 is 0. The van der Waals surface area contributed by atoms with Gasteiger partial charge in [-0.15, -0.1) is 0 Å². The average Bonchev–Trinajstić information content (AvgIpc) is 2.31. The van der Waals surface area contributed by atoms with Crippen molar-refractivity contribution in [3.05, 3.63) is 29.8 Å². The third-order valence-corrected chi connectivity index (χ3v) is 2.72. The van der Waals surface area contributed by atoms with E-state index >= 15 is 0 Å². The number of nitrogens with zero attached hydrogens (tertiary/aromatic N) is 1. The Morgan fingerprint density at radius 3 is 2.25 bits per heavy atom. The largest absolute Gasteiger partial charge is 0.372 e. The van der Waals surface area contributed by atoms with E-state index in [2.05, 4.69) is 49.9 Å². The van der Waals surface area contributed by atoms with E-state index in [0.29, 0.717) is 0 Å². The molecule has 1 aliphatic heterocycles. The molecule has 0 amide bonds. The summed E-state index contributed by atoms with van der Waals surface area (Å²) in [6.45, 7) is 8.89. The minimum atomic E-state index is 1.24. The maximum Gasteiger partial charge on any atom is 0.0368 e. The van der Waals surface area contributed by atoms with Gasteiger partial charge in [0.1, 0.15) is 0 Å². The van der Waals surface area contributed by atoms with Crippen molar-refractivity contribution in [1.29, 1.82) is 0 Å². The Hall–Kier alpha value is -0.980. The first-order valence-corrected chi connectivity index (χ1v) is 6.59. The van der Waals surface area contributed by atoms with Gasteiger partial charge in [-0.2, -0.15) is 0 Å². The smallest absolute Gasteiger partial charge is 0.0368 e. The Balaban J connectivity index is 0.000000386. The van der Waals surface area contributed by atoms with Gasteiger partial charge in [0.2, 0.25) is 0 Å². The second-order valence-electron chi connectivity index (χ2n) is 4.59. The van der Waals surface area contributed by atoms with Crippen molar-refractivity contribution in [2.45, 2.75) is 46.5 Å². The van der Waals surface area contributed by atoms with Crippen LogP contribution in [0.4, 0.5) is 5.69 Å². The maximum absolute atomic E-state index is 2.50. The molecule has 1 heteroatoms. The lowest BCUT2D eigenvalue weighted by molar-refractivity contribution is 0.578. The standard InChI is InChI=1S/C12H17N.C3H8/c1-11-6-5-7-12(10-11)13-8-3-2-4-9-13;1-3-2/h5-7,10H,2-4,8-9H2,1H3;3H2,1-2H3. The van der Waals surface area contributed by atoms with Crippen LogP contribution in [0.1, 0.15) is 45.1 Å². The van der Waals surface area contributed by atoms with Crippen molar-refractivity contribution in [3.63, 3.8) is 0 Å². The topological polar surface area (TPSA) is 3.24 Å². The Bertz CT molecular complexity index is 287. The van der Waals surface area contributed by atoms with E-state index in [1.165, 1.54) is 50.0 Å². The van der Waals surface area contributed by atoms with Crippen LogP contribution in [0, 0.1) is 6.92 Å². The van der Waals surface area contributed by atoms with E-state index in [-0.39, 0.29) is 0 Å². The van der Waals surface area contributed by atoms with Crippen LogP contribution in [0.15, 0.2) is 24.3 Å². The van der Waals surface area contributed by atoms with E-state index in [9.17, 15) is 0 Å². The third-order valence-electron chi connectivity index (χ3n) is 2.72. The molecule has 0 aliphatic carbocycles. The highest BCUT2D eigenvalue weighted by Crippen LogP contribution is 2.20. The summed E-state index contributed by atoms with van der Waals surface area (Å²) in [6.07, 6.45) is 5.37. The molecule has 0 saturated carbocycles. The van der Waals surface area contributed by atoms with Gasteiger partial charge >= 0.3 is 0 Å². The number of anilines is 1. The van der Waals surface area contributed by atoms with Gasteiger partial charge in [-0.05, 0) is 43.9 Å². The molecule has 0 aromatic heterocycles. The minimum absolute atomic E-state index is 1.24. The number of piperidine rings is 1. The van der Waals surface area contributed by atoms with Crippen LogP contribution >= 0.6 is 0 Å². The molecule has 0 N–H and O–H groups in total. The van der Waals surface area contributed by atoms with Gasteiger partial charge in [0.05, 0.1) is 0 Å². The predicted octanol–water partition coefficient (Wildman–Crippen LogP) is 4.40. The number of rotatable bonds is 1. The monoisotopic (exact) mass is 219 g/mol. The summed E-state index contributed by atoms with van der Waals surface area (Å²) < 4.78 is 0. The number of benzene rings is 1. The highest BCUT2D eigenvalue weighted by molar-refractivity contribution is 5.48. The molecular formula is C15H25N. The minimum Gasteiger partial charge on any atom is -0.372 e. The fourth-order valence-corrected chi connectivity index (χ4v) is 1.98. The Morgan fingerprint density at radius 1 is 1.06 bits per heavy atom. The molecule has 1 heterocycles. The van der Waals surface area contributed by atoms with E-state index in [1.54, 1.807) is 0 Å². The highest BCUT2D eigenvalue weighted by Gasteiger charge is 2.09. The van der Waals surface area contributed by atoms with E-state index in [0.717, 1.165) is 0 Å². The van der Waals surface area contributed by atoms with Crippen molar-refractivity contribution in [2.24, 2.45) is 0 Å². The fourth-order valence-electron chi connectivity index (χ4n) is 1.98. The van der Waals surface area contributed by atoms with Crippen LogP contribution in [-0.4, -0.2) is 13.1 Å². The number of hydrogen-bond donors (Lipinski definition) is 0. The fraction of sp³-hybridized carbons (Fsp3) is 0.600. The molecule has 1 saturated heterocycles. The lowest BCUT2D eigenvalue weighted by Gasteiger charge is -2.28. The Morgan fingerprint density at radius 2 is 1.69 bits per heavy atom. The van der Waals surface area contributed by atoms with Crippen LogP contribution in [0.2, 0.25) is 0 Å². The normalized spacial score (nSPS) is 15.3.